The SMILES string of the molecule is CC1(C)CC(=O)C2=C(C1)Nc1c(ncnc1N1CCN(C/C=C/c3ccccc3)CC1)S2. The maximum absolute atomic E-state index is 12.7. The zero-order valence-electron chi connectivity index (χ0n) is 18.7. The average molecular weight is 448 g/mol. The van der Waals surface area contributed by atoms with Crippen molar-refractivity contribution in [3.63, 3.8) is 0 Å². The molecule has 1 fully saturated rings. The number of benzene rings is 1. The third-order valence-corrected chi connectivity index (χ3v) is 7.42. The van der Waals surface area contributed by atoms with Gasteiger partial charge < -0.3 is 10.2 Å². The van der Waals surface area contributed by atoms with Crippen molar-refractivity contribution in [2.45, 2.75) is 31.7 Å². The molecule has 0 unspecified atom stereocenters. The average Bonchev–Trinajstić information content (AvgIpc) is 2.78. The van der Waals surface area contributed by atoms with Gasteiger partial charge in [0.2, 0.25) is 0 Å². The predicted octanol–water partition coefficient (Wildman–Crippen LogP) is 4.43. The summed E-state index contributed by atoms with van der Waals surface area (Å²) in [4.78, 5) is 27.4. The van der Waals surface area contributed by atoms with Crippen molar-refractivity contribution in [2.24, 2.45) is 5.41 Å². The van der Waals surface area contributed by atoms with Gasteiger partial charge in [-0.1, -0.05) is 68.1 Å². The van der Waals surface area contributed by atoms with Crippen LogP contribution < -0.4 is 10.2 Å². The fraction of sp³-hybridized carbons (Fsp3) is 0.400. The Kier molecular flexibility index (Phi) is 5.78. The molecule has 0 atom stereocenters. The number of anilines is 2. The molecule has 7 heteroatoms. The number of fused-ring (bicyclic) bond motifs is 1. The molecular weight excluding hydrogens is 418 g/mol. The molecule has 1 aromatic heterocycles. The van der Waals surface area contributed by atoms with Gasteiger partial charge in [0.1, 0.15) is 17.0 Å². The molecule has 166 valence electrons. The Morgan fingerprint density at radius 3 is 2.66 bits per heavy atom. The maximum Gasteiger partial charge on any atom is 0.171 e. The molecule has 6 nitrogen and oxygen atoms in total. The highest BCUT2D eigenvalue weighted by Gasteiger charge is 2.37. The zero-order chi connectivity index (χ0) is 22.1. The molecule has 5 rings (SSSR count). The van der Waals surface area contributed by atoms with E-state index in [2.05, 4.69) is 75.3 Å². The molecule has 3 heterocycles. The van der Waals surface area contributed by atoms with Gasteiger partial charge in [0.05, 0.1) is 4.91 Å². The van der Waals surface area contributed by atoms with Gasteiger partial charge in [-0.05, 0) is 17.4 Å². The van der Waals surface area contributed by atoms with Gasteiger partial charge in [-0.3, -0.25) is 9.69 Å². The number of piperazine rings is 1. The highest BCUT2D eigenvalue weighted by Crippen LogP contribution is 2.49. The first kappa shape index (κ1) is 21.2. The third kappa shape index (κ3) is 4.45. The summed E-state index contributed by atoms with van der Waals surface area (Å²) in [6.45, 7) is 9.09. The zero-order valence-corrected chi connectivity index (χ0v) is 19.5. The van der Waals surface area contributed by atoms with Crippen LogP contribution in [0.3, 0.4) is 0 Å². The second-order valence-electron chi connectivity index (χ2n) is 9.45. The Labute approximate surface area is 193 Å². The van der Waals surface area contributed by atoms with E-state index in [4.69, 9.17) is 0 Å². The van der Waals surface area contributed by atoms with Crippen molar-refractivity contribution >= 4 is 35.1 Å². The third-order valence-electron chi connectivity index (χ3n) is 6.23. The van der Waals surface area contributed by atoms with Crippen LogP contribution in [0.4, 0.5) is 11.5 Å². The molecule has 1 saturated heterocycles. The van der Waals surface area contributed by atoms with Crippen LogP contribution in [0.2, 0.25) is 0 Å². The molecule has 0 bridgehead atoms. The van der Waals surface area contributed by atoms with E-state index < -0.39 is 0 Å². The molecule has 3 aliphatic rings. The normalized spacial score (nSPS) is 20.8. The molecule has 2 aromatic rings. The number of Topliss-reactive ketones (excluding diaryl/α,β-unsaturated/α-hetero) is 1. The van der Waals surface area contributed by atoms with E-state index in [1.165, 1.54) is 17.3 Å². The van der Waals surface area contributed by atoms with Crippen LogP contribution in [-0.4, -0.2) is 53.4 Å². The number of carbonyl (C=O) groups is 1. The van der Waals surface area contributed by atoms with E-state index in [-0.39, 0.29) is 11.2 Å². The number of nitrogens with zero attached hydrogens (tertiary/aromatic N) is 4. The summed E-state index contributed by atoms with van der Waals surface area (Å²) < 4.78 is 0. The monoisotopic (exact) mass is 447 g/mol. The van der Waals surface area contributed by atoms with E-state index in [9.17, 15) is 4.79 Å². The summed E-state index contributed by atoms with van der Waals surface area (Å²) in [5.74, 6) is 1.17. The number of nitrogens with one attached hydrogen (secondary N) is 1. The lowest BCUT2D eigenvalue weighted by atomic mass is 9.78. The highest BCUT2D eigenvalue weighted by atomic mass is 32.2. The number of ketones is 1. The summed E-state index contributed by atoms with van der Waals surface area (Å²) in [5.41, 5.74) is 3.21. The molecule has 0 spiro atoms. The second-order valence-corrected chi connectivity index (χ2v) is 10.5. The van der Waals surface area contributed by atoms with Crippen molar-refractivity contribution < 1.29 is 4.79 Å². The van der Waals surface area contributed by atoms with Gasteiger partial charge in [0.15, 0.2) is 11.6 Å². The lowest BCUT2D eigenvalue weighted by Gasteiger charge is -2.38. The standard InChI is InChI=1S/C25H29N5OS/c1-25(2)15-19-22(20(31)16-25)32-24-21(28-19)23(26-17-27-24)30-13-11-29(12-14-30)10-6-9-18-7-4-3-5-8-18/h3-9,17,28H,10-16H2,1-2H3/b9-6+. The fourth-order valence-corrected chi connectivity index (χ4v) is 5.57. The number of rotatable bonds is 4. The molecule has 1 aliphatic carbocycles. The predicted molar refractivity (Wildman–Crippen MR) is 131 cm³/mol. The lowest BCUT2D eigenvalue weighted by molar-refractivity contribution is -0.117. The van der Waals surface area contributed by atoms with Crippen LogP contribution in [0, 0.1) is 5.41 Å². The number of hydrogen-bond donors (Lipinski definition) is 1. The quantitative estimate of drug-likeness (QED) is 0.696. The largest absolute Gasteiger partial charge is 0.353 e. The summed E-state index contributed by atoms with van der Waals surface area (Å²) in [5, 5.41) is 4.42. The van der Waals surface area contributed by atoms with Crippen LogP contribution in [0.5, 0.6) is 0 Å². The molecule has 0 radical (unpaired) electrons. The van der Waals surface area contributed by atoms with Gasteiger partial charge in [0, 0.05) is 44.8 Å². The van der Waals surface area contributed by atoms with Crippen molar-refractivity contribution in [3.8, 4) is 0 Å². The van der Waals surface area contributed by atoms with Gasteiger partial charge >= 0.3 is 0 Å². The smallest absolute Gasteiger partial charge is 0.171 e. The van der Waals surface area contributed by atoms with Gasteiger partial charge in [-0.15, -0.1) is 0 Å². The Morgan fingerprint density at radius 2 is 1.88 bits per heavy atom. The van der Waals surface area contributed by atoms with Gasteiger partial charge in [-0.2, -0.15) is 0 Å². The molecule has 2 aliphatic heterocycles. The minimum absolute atomic E-state index is 0.0182. The summed E-state index contributed by atoms with van der Waals surface area (Å²) in [7, 11) is 0. The highest BCUT2D eigenvalue weighted by molar-refractivity contribution is 8.04. The summed E-state index contributed by atoms with van der Waals surface area (Å²) >= 11 is 1.51. The molecule has 0 saturated carbocycles. The lowest BCUT2D eigenvalue weighted by Crippen LogP contribution is -2.47. The molecule has 1 N–H and O–H groups in total. The minimum Gasteiger partial charge on any atom is -0.353 e. The van der Waals surface area contributed by atoms with Gasteiger partial charge in [0.25, 0.3) is 0 Å². The van der Waals surface area contributed by atoms with Gasteiger partial charge in [-0.25, -0.2) is 9.97 Å². The fourth-order valence-electron chi connectivity index (χ4n) is 4.60. The van der Waals surface area contributed by atoms with Crippen LogP contribution in [-0.2, 0) is 4.79 Å². The number of allylic oxidation sites excluding steroid dienone is 2. The minimum atomic E-state index is -0.0182. The molecular formula is C25H29N5OS. The van der Waals surface area contributed by atoms with Crippen molar-refractivity contribution in [3.05, 3.63) is 58.9 Å². The first-order chi connectivity index (χ1) is 15.5. The van der Waals surface area contributed by atoms with Crippen LogP contribution >= 0.6 is 11.8 Å². The van der Waals surface area contributed by atoms with E-state index in [1.807, 2.05) is 6.07 Å². The van der Waals surface area contributed by atoms with Crippen LogP contribution in [0.15, 0.2) is 58.4 Å². The Hall–Kier alpha value is -2.64. The molecule has 32 heavy (non-hydrogen) atoms. The van der Waals surface area contributed by atoms with E-state index in [0.29, 0.717) is 6.42 Å². The van der Waals surface area contributed by atoms with E-state index >= 15 is 0 Å². The van der Waals surface area contributed by atoms with Crippen molar-refractivity contribution in [2.75, 3.05) is 42.9 Å². The number of carbonyl (C=O) groups excluding carboxylic acids is 1. The molecule has 1 aromatic carbocycles. The van der Waals surface area contributed by atoms with Crippen molar-refractivity contribution in [1.82, 2.24) is 14.9 Å². The first-order valence-electron chi connectivity index (χ1n) is 11.2. The van der Waals surface area contributed by atoms with E-state index in [0.717, 1.165) is 66.3 Å². The Morgan fingerprint density at radius 1 is 1.09 bits per heavy atom. The van der Waals surface area contributed by atoms with Crippen molar-refractivity contribution in [1.29, 1.82) is 0 Å². The second kappa shape index (κ2) is 8.71. The van der Waals surface area contributed by atoms with Crippen LogP contribution in [0.1, 0.15) is 32.3 Å². The number of hydrogen-bond acceptors (Lipinski definition) is 7. The number of aromatic nitrogens is 2. The van der Waals surface area contributed by atoms with Crippen LogP contribution in [0.25, 0.3) is 6.08 Å². The van der Waals surface area contributed by atoms with E-state index in [1.54, 1.807) is 6.33 Å². The Balaban J connectivity index is 1.25. The molecule has 0 amide bonds. The number of thioether (sulfide) groups is 1. The summed E-state index contributed by atoms with van der Waals surface area (Å²) in [6, 6.07) is 10.4. The first-order valence-corrected chi connectivity index (χ1v) is 12.1. The Bertz CT molecular complexity index is 1070. The topological polar surface area (TPSA) is 61.4 Å². The maximum atomic E-state index is 12.7. The summed E-state index contributed by atoms with van der Waals surface area (Å²) in [6.07, 6.45) is 7.52.